The Morgan fingerprint density at radius 1 is 1.11 bits per heavy atom. The van der Waals surface area contributed by atoms with Gasteiger partial charge in [0.2, 0.25) is 0 Å². The molecule has 19 heavy (non-hydrogen) atoms. The zero-order valence-corrected chi connectivity index (χ0v) is 13.5. The molecule has 0 aromatic carbocycles. The lowest BCUT2D eigenvalue weighted by Gasteiger charge is -2.29. The molecule has 1 aliphatic heterocycles. The number of aliphatic hydroxyl groups is 2. The molecule has 1 heterocycles. The van der Waals surface area contributed by atoms with Crippen LogP contribution in [0.4, 0.5) is 0 Å². The highest BCUT2D eigenvalue weighted by Gasteiger charge is 2.42. The number of aliphatic hydroxyl groups excluding tert-OH is 1. The fourth-order valence-electron chi connectivity index (χ4n) is 2.39. The number of ether oxygens (including phenoxy) is 1. The molecular weight excluding hydrogens is 240 g/mol. The predicted octanol–water partition coefficient (Wildman–Crippen LogP) is 3.26. The maximum Gasteiger partial charge on any atom is 0.133 e. The zero-order valence-electron chi connectivity index (χ0n) is 13.5. The van der Waals surface area contributed by atoms with E-state index < -0.39 is 5.60 Å². The number of hydrogen-bond acceptors (Lipinski definition) is 3. The van der Waals surface area contributed by atoms with Crippen molar-refractivity contribution in [3.05, 3.63) is 11.3 Å². The lowest BCUT2D eigenvalue weighted by Crippen LogP contribution is -2.43. The van der Waals surface area contributed by atoms with Crippen LogP contribution in [0, 0.1) is 10.8 Å². The molecule has 112 valence electrons. The molecule has 0 amide bonds. The van der Waals surface area contributed by atoms with Crippen molar-refractivity contribution in [2.75, 3.05) is 6.61 Å². The van der Waals surface area contributed by atoms with Crippen LogP contribution in [0.2, 0.25) is 0 Å². The Morgan fingerprint density at radius 2 is 1.63 bits per heavy atom. The Morgan fingerprint density at radius 3 is 2.00 bits per heavy atom. The minimum Gasteiger partial charge on any atom is -0.491 e. The zero-order chi connectivity index (χ0) is 15.1. The maximum absolute atomic E-state index is 10.2. The summed E-state index contributed by atoms with van der Waals surface area (Å²) in [5.74, 6) is 0.999. The maximum atomic E-state index is 10.2. The average molecular weight is 270 g/mol. The third-order valence-corrected chi connectivity index (χ3v) is 3.62. The molecule has 0 aliphatic carbocycles. The molecular formula is C16H30O3. The average Bonchev–Trinajstić information content (AvgIpc) is 2.59. The van der Waals surface area contributed by atoms with Gasteiger partial charge in [-0.05, 0) is 23.3 Å². The van der Waals surface area contributed by atoms with Gasteiger partial charge >= 0.3 is 0 Å². The monoisotopic (exact) mass is 270 g/mol. The highest BCUT2D eigenvalue weighted by molar-refractivity contribution is 5.23. The molecule has 1 aliphatic rings. The largest absolute Gasteiger partial charge is 0.491 e. The first kappa shape index (κ1) is 16.5. The Labute approximate surface area is 117 Å². The Hall–Kier alpha value is -0.540. The molecule has 3 nitrogen and oxygen atoms in total. The van der Waals surface area contributed by atoms with Gasteiger partial charge in [0, 0.05) is 12.8 Å². The molecule has 0 saturated heterocycles. The van der Waals surface area contributed by atoms with Crippen LogP contribution in [0.1, 0.15) is 61.3 Å². The SMILES string of the molecule is CC(C)(C)CC1=C(C(C)(C)C)C[C@H](C(C)(O)CO)O1. The Kier molecular flexibility index (Phi) is 4.43. The van der Waals surface area contributed by atoms with Crippen molar-refractivity contribution in [3.8, 4) is 0 Å². The van der Waals surface area contributed by atoms with E-state index in [4.69, 9.17) is 4.74 Å². The van der Waals surface area contributed by atoms with Crippen molar-refractivity contribution in [1.82, 2.24) is 0 Å². The molecule has 2 N–H and O–H groups in total. The van der Waals surface area contributed by atoms with E-state index in [0.717, 1.165) is 12.2 Å². The van der Waals surface area contributed by atoms with E-state index in [0.29, 0.717) is 6.42 Å². The van der Waals surface area contributed by atoms with Gasteiger partial charge in [0.15, 0.2) is 0 Å². The van der Waals surface area contributed by atoms with E-state index in [2.05, 4.69) is 41.5 Å². The summed E-state index contributed by atoms with van der Waals surface area (Å²) in [7, 11) is 0. The van der Waals surface area contributed by atoms with Crippen molar-refractivity contribution in [2.45, 2.75) is 73.0 Å². The van der Waals surface area contributed by atoms with Crippen LogP contribution in [0.15, 0.2) is 11.3 Å². The van der Waals surface area contributed by atoms with Crippen molar-refractivity contribution in [2.24, 2.45) is 10.8 Å². The number of allylic oxidation sites excluding steroid dienone is 1. The fourth-order valence-corrected chi connectivity index (χ4v) is 2.39. The summed E-state index contributed by atoms with van der Waals surface area (Å²) >= 11 is 0. The van der Waals surface area contributed by atoms with Gasteiger partial charge in [-0.25, -0.2) is 0 Å². The molecule has 0 saturated carbocycles. The summed E-state index contributed by atoms with van der Waals surface area (Å²) in [6.45, 7) is 14.4. The lowest BCUT2D eigenvalue weighted by molar-refractivity contribution is -0.0954. The van der Waals surface area contributed by atoms with Gasteiger partial charge in [-0.15, -0.1) is 0 Å². The second-order valence-corrected chi connectivity index (χ2v) is 8.22. The van der Waals surface area contributed by atoms with Crippen molar-refractivity contribution in [3.63, 3.8) is 0 Å². The van der Waals surface area contributed by atoms with Crippen LogP contribution in [0.3, 0.4) is 0 Å². The third kappa shape index (κ3) is 4.22. The van der Waals surface area contributed by atoms with E-state index in [9.17, 15) is 10.2 Å². The van der Waals surface area contributed by atoms with Gasteiger partial charge in [-0.1, -0.05) is 41.5 Å². The molecule has 1 unspecified atom stereocenters. The van der Waals surface area contributed by atoms with Crippen molar-refractivity contribution < 1.29 is 14.9 Å². The van der Waals surface area contributed by atoms with Crippen LogP contribution >= 0.6 is 0 Å². The first-order valence-corrected chi connectivity index (χ1v) is 7.09. The predicted molar refractivity (Wildman–Crippen MR) is 77.8 cm³/mol. The summed E-state index contributed by atoms with van der Waals surface area (Å²) in [4.78, 5) is 0. The summed E-state index contributed by atoms with van der Waals surface area (Å²) in [6.07, 6.45) is 1.21. The van der Waals surface area contributed by atoms with Crippen LogP contribution in [0.25, 0.3) is 0 Å². The van der Waals surface area contributed by atoms with Gasteiger partial charge in [0.25, 0.3) is 0 Å². The first-order valence-electron chi connectivity index (χ1n) is 7.09. The van der Waals surface area contributed by atoms with Gasteiger partial charge in [0.1, 0.15) is 11.7 Å². The minimum atomic E-state index is -1.18. The van der Waals surface area contributed by atoms with Crippen LogP contribution in [0.5, 0.6) is 0 Å². The smallest absolute Gasteiger partial charge is 0.133 e. The lowest BCUT2D eigenvalue weighted by atomic mass is 9.79. The molecule has 2 atom stereocenters. The summed E-state index contributed by atoms with van der Waals surface area (Å²) in [6, 6.07) is 0. The quantitative estimate of drug-likeness (QED) is 0.827. The van der Waals surface area contributed by atoms with Gasteiger partial charge < -0.3 is 14.9 Å². The van der Waals surface area contributed by atoms with Crippen molar-refractivity contribution >= 4 is 0 Å². The van der Waals surface area contributed by atoms with E-state index >= 15 is 0 Å². The van der Waals surface area contributed by atoms with Gasteiger partial charge in [0.05, 0.1) is 12.4 Å². The van der Waals surface area contributed by atoms with Crippen molar-refractivity contribution in [1.29, 1.82) is 0 Å². The van der Waals surface area contributed by atoms with Gasteiger partial charge in [-0.3, -0.25) is 0 Å². The summed E-state index contributed by atoms with van der Waals surface area (Å²) in [5.41, 5.74) is 0.254. The van der Waals surface area contributed by atoms with E-state index in [1.165, 1.54) is 5.57 Å². The normalized spacial score (nSPS) is 24.4. The van der Waals surface area contributed by atoms with E-state index in [1.54, 1.807) is 6.92 Å². The molecule has 1 rings (SSSR count). The molecule has 0 radical (unpaired) electrons. The van der Waals surface area contributed by atoms with E-state index in [1.807, 2.05) is 0 Å². The molecule has 0 aromatic heterocycles. The molecule has 0 fully saturated rings. The first-order chi connectivity index (χ1) is 8.37. The second kappa shape index (κ2) is 5.10. The Bertz CT molecular complexity index is 353. The molecule has 0 spiro atoms. The minimum absolute atomic E-state index is 0.0286. The van der Waals surface area contributed by atoms with Crippen LogP contribution in [-0.4, -0.2) is 28.5 Å². The summed E-state index contributed by atoms with van der Waals surface area (Å²) < 4.78 is 6.00. The molecule has 0 aromatic rings. The molecule has 0 bridgehead atoms. The number of rotatable bonds is 3. The second-order valence-electron chi connectivity index (χ2n) is 8.22. The van der Waals surface area contributed by atoms with Crippen LogP contribution < -0.4 is 0 Å². The Balaban J connectivity index is 3.00. The highest BCUT2D eigenvalue weighted by atomic mass is 16.5. The third-order valence-electron chi connectivity index (χ3n) is 3.62. The highest BCUT2D eigenvalue weighted by Crippen LogP contribution is 2.44. The summed E-state index contributed by atoms with van der Waals surface area (Å²) in [5, 5.41) is 19.5. The standard InChI is InChI=1S/C16H30O3/c1-14(2,3)9-12-11(15(4,5)6)8-13(19-12)16(7,18)10-17/h13,17-18H,8-10H2,1-7H3/t13-,16?/m1/s1. The number of hydrogen-bond donors (Lipinski definition) is 2. The molecule has 3 heteroatoms. The van der Waals surface area contributed by atoms with Crippen LogP contribution in [-0.2, 0) is 4.74 Å². The van der Waals surface area contributed by atoms with E-state index in [-0.39, 0.29) is 23.5 Å². The fraction of sp³-hybridized carbons (Fsp3) is 0.875. The van der Waals surface area contributed by atoms with Gasteiger partial charge in [-0.2, -0.15) is 0 Å². The topological polar surface area (TPSA) is 49.7 Å².